The summed E-state index contributed by atoms with van der Waals surface area (Å²) in [6.45, 7) is 4.31. The summed E-state index contributed by atoms with van der Waals surface area (Å²) in [6, 6.07) is 0. The molecule has 0 amide bonds. The van der Waals surface area contributed by atoms with E-state index in [1.54, 1.807) is 0 Å². The Kier molecular flexibility index (Phi) is 10.5. The van der Waals surface area contributed by atoms with Gasteiger partial charge in [0, 0.05) is 6.42 Å². The maximum absolute atomic E-state index is 11.0. The number of rotatable bonds is 10. The van der Waals surface area contributed by atoms with Gasteiger partial charge in [0.1, 0.15) is 0 Å². The summed E-state index contributed by atoms with van der Waals surface area (Å²) in [5.74, 6) is -0.0797. The third kappa shape index (κ3) is 9.97. The van der Waals surface area contributed by atoms with Crippen LogP contribution in [0.15, 0.2) is 0 Å². The first-order valence-corrected chi connectivity index (χ1v) is 6.54. The maximum Gasteiger partial charge on any atom is 0.305 e. The first kappa shape index (κ1) is 15.4. The van der Waals surface area contributed by atoms with Gasteiger partial charge in [-0.15, -0.1) is 0 Å². The lowest BCUT2D eigenvalue weighted by atomic mass is 10.1. The minimum atomic E-state index is -0.125. The summed E-state index contributed by atoms with van der Waals surface area (Å²) in [6.07, 6.45) is 7.59. The molecule has 0 saturated carbocycles. The van der Waals surface area contributed by atoms with Gasteiger partial charge in [0.15, 0.2) is 0 Å². The predicted octanol–water partition coefficient (Wildman–Crippen LogP) is 3.05. The van der Waals surface area contributed by atoms with Crippen LogP contribution in [0.25, 0.3) is 0 Å². The van der Waals surface area contributed by atoms with Gasteiger partial charge < -0.3 is 9.84 Å². The van der Waals surface area contributed by atoms with Crippen molar-refractivity contribution in [1.82, 2.24) is 0 Å². The standard InChI is InChI=1S/C13H26O3/c1-3-12(14)10-8-6-5-7-9-11-13(15)16-4-2/h12,14H,3-11H2,1-2H3. The molecular formula is C13H26O3. The second kappa shape index (κ2) is 10.9. The Balaban J connectivity index is 3.12. The molecule has 0 heterocycles. The van der Waals surface area contributed by atoms with Crippen LogP contribution in [0.3, 0.4) is 0 Å². The van der Waals surface area contributed by atoms with Crippen LogP contribution >= 0.6 is 0 Å². The predicted molar refractivity (Wildman–Crippen MR) is 65.2 cm³/mol. The van der Waals surface area contributed by atoms with Crippen molar-refractivity contribution in [1.29, 1.82) is 0 Å². The molecule has 0 aliphatic carbocycles. The van der Waals surface area contributed by atoms with Crippen LogP contribution < -0.4 is 0 Å². The van der Waals surface area contributed by atoms with Gasteiger partial charge in [-0.1, -0.05) is 32.6 Å². The Bertz CT molecular complexity index is 169. The van der Waals surface area contributed by atoms with E-state index in [1.807, 2.05) is 13.8 Å². The Hall–Kier alpha value is -0.570. The molecule has 96 valence electrons. The van der Waals surface area contributed by atoms with Crippen molar-refractivity contribution in [2.24, 2.45) is 0 Å². The highest BCUT2D eigenvalue weighted by Gasteiger charge is 2.02. The number of unbranched alkanes of at least 4 members (excludes halogenated alkanes) is 4. The van der Waals surface area contributed by atoms with E-state index in [1.165, 1.54) is 0 Å². The van der Waals surface area contributed by atoms with Gasteiger partial charge in [-0.05, 0) is 26.2 Å². The molecule has 0 spiro atoms. The van der Waals surface area contributed by atoms with Crippen molar-refractivity contribution >= 4 is 5.97 Å². The molecule has 16 heavy (non-hydrogen) atoms. The normalized spacial score (nSPS) is 12.4. The first-order valence-electron chi connectivity index (χ1n) is 6.54. The fourth-order valence-electron chi connectivity index (χ4n) is 1.62. The number of hydrogen-bond donors (Lipinski definition) is 1. The molecule has 0 aromatic rings. The molecule has 0 aliphatic rings. The Morgan fingerprint density at radius 1 is 1.12 bits per heavy atom. The largest absolute Gasteiger partial charge is 0.466 e. The van der Waals surface area contributed by atoms with Gasteiger partial charge in [0.05, 0.1) is 12.7 Å². The molecule has 3 nitrogen and oxygen atoms in total. The van der Waals surface area contributed by atoms with Crippen LogP contribution in [0.4, 0.5) is 0 Å². The Labute approximate surface area is 99.2 Å². The van der Waals surface area contributed by atoms with E-state index in [4.69, 9.17) is 4.74 Å². The Morgan fingerprint density at radius 3 is 2.38 bits per heavy atom. The van der Waals surface area contributed by atoms with Crippen LogP contribution in [-0.4, -0.2) is 23.8 Å². The molecule has 1 N–H and O–H groups in total. The molecule has 0 aromatic carbocycles. The molecule has 0 saturated heterocycles. The van der Waals surface area contributed by atoms with Crippen molar-refractivity contribution in [2.75, 3.05) is 6.61 Å². The summed E-state index contributed by atoms with van der Waals surface area (Å²) in [4.78, 5) is 11.0. The summed E-state index contributed by atoms with van der Waals surface area (Å²) in [5.41, 5.74) is 0. The monoisotopic (exact) mass is 230 g/mol. The zero-order valence-corrected chi connectivity index (χ0v) is 10.7. The molecule has 0 aliphatic heterocycles. The molecule has 0 radical (unpaired) electrons. The van der Waals surface area contributed by atoms with E-state index in [0.29, 0.717) is 13.0 Å². The molecule has 1 unspecified atom stereocenters. The molecule has 0 bridgehead atoms. The molecule has 0 aromatic heterocycles. The fourth-order valence-corrected chi connectivity index (χ4v) is 1.62. The van der Waals surface area contributed by atoms with Gasteiger partial charge in [-0.25, -0.2) is 0 Å². The lowest BCUT2D eigenvalue weighted by Gasteiger charge is -2.06. The topological polar surface area (TPSA) is 46.5 Å². The number of hydrogen-bond acceptors (Lipinski definition) is 3. The lowest BCUT2D eigenvalue weighted by molar-refractivity contribution is -0.143. The van der Waals surface area contributed by atoms with Crippen LogP contribution in [0.1, 0.15) is 65.2 Å². The third-order valence-electron chi connectivity index (χ3n) is 2.69. The Morgan fingerprint density at radius 2 is 1.75 bits per heavy atom. The highest BCUT2D eigenvalue weighted by molar-refractivity contribution is 5.69. The van der Waals surface area contributed by atoms with Gasteiger partial charge in [-0.3, -0.25) is 4.79 Å². The fraction of sp³-hybridized carbons (Fsp3) is 0.923. The van der Waals surface area contributed by atoms with Crippen molar-refractivity contribution < 1.29 is 14.6 Å². The average molecular weight is 230 g/mol. The van der Waals surface area contributed by atoms with Crippen molar-refractivity contribution in [3.05, 3.63) is 0 Å². The molecule has 1 atom stereocenters. The number of aliphatic hydroxyl groups excluding tert-OH is 1. The van der Waals surface area contributed by atoms with E-state index in [9.17, 15) is 9.90 Å². The second-order valence-electron chi connectivity index (χ2n) is 4.17. The van der Waals surface area contributed by atoms with E-state index >= 15 is 0 Å². The average Bonchev–Trinajstić information content (AvgIpc) is 2.27. The van der Waals surface area contributed by atoms with Gasteiger partial charge in [0.25, 0.3) is 0 Å². The summed E-state index contributed by atoms with van der Waals surface area (Å²) in [7, 11) is 0. The first-order chi connectivity index (χ1) is 7.70. The molecular weight excluding hydrogens is 204 g/mol. The van der Waals surface area contributed by atoms with E-state index in [2.05, 4.69) is 0 Å². The van der Waals surface area contributed by atoms with Gasteiger partial charge in [0.2, 0.25) is 0 Å². The number of aliphatic hydroxyl groups is 1. The van der Waals surface area contributed by atoms with Crippen molar-refractivity contribution in [3.63, 3.8) is 0 Å². The van der Waals surface area contributed by atoms with Crippen LogP contribution in [-0.2, 0) is 9.53 Å². The summed E-state index contributed by atoms with van der Waals surface area (Å²) in [5, 5.41) is 9.33. The quantitative estimate of drug-likeness (QED) is 0.463. The zero-order chi connectivity index (χ0) is 12.2. The maximum atomic E-state index is 11.0. The summed E-state index contributed by atoms with van der Waals surface area (Å²) < 4.78 is 4.84. The zero-order valence-electron chi connectivity index (χ0n) is 10.7. The highest BCUT2D eigenvalue weighted by atomic mass is 16.5. The van der Waals surface area contributed by atoms with Crippen LogP contribution in [0, 0.1) is 0 Å². The number of esters is 1. The van der Waals surface area contributed by atoms with Crippen molar-refractivity contribution in [2.45, 2.75) is 71.3 Å². The molecule has 0 rings (SSSR count). The lowest BCUT2D eigenvalue weighted by Crippen LogP contribution is -2.04. The number of carbonyl (C=O) groups excluding carboxylic acids is 1. The third-order valence-corrected chi connectivity index (χ3v) is 2.69. The SMILES string of the molecule is CCOC(=O)CCCCCCCC(O)CC. The molecule has 0 fully saturated rings. The van der Waals surface area contributed by atoms with E-state index in [0.717, 1.165) is 44.9 Å². The minimum absolute atomic E-state index is 0.0797. The number of ether oxygens (including phenoxy) is 1. The molecule has 3 heteroatoms. The van der Waals surface area contributed by atoms with E-state index < -0.39 is 0 Å². The summed E-state index contributed by atoms with van der Waals surface area (Å²) >= 11 is 0. The van der Waals surface area contributed by atoms with E-state index in [-0.39, 0.29) is 12.1 Å². The van der Waals surface area contributed by atoms with Gasteiger partial charge >= 0.3 is 5.97 Å². The second-order valence-corrected chi connectivity index (χ2v) is 4.17. The van der Waals surface area contributed by atoms with Gasteiger partial charge in [-0.2, -0.15) is 0 Å². The minimum Gasteiger partial charge on any atom is -0.466 e. The highest BCUT2D eigenvalue weighted by Crippen LogP contribution is 2.10. The van der Waals surface area contributed by atoms with Crippen LogP contribution in [0.2, 0.25) is 0 Å². The number of carbonyl (C=O) groups is 1. The van der Waals surface area contributed by atoms with Crippen molar-refractivity contribution in [3.8, 4) is 0 Å². The smallest absolute Gasteiger partial charge is 0.305 e. The van der Waals surface area contributed by atoms with Crippen LogP contribution in [0.5, 0.6) is 0 Å².